The minimum absolute atomic E-state index is 0.135. The standard InChI is InChI=1S/C12H12BrNO3/c1-14(10-5-3-2-4-9(10)13)11(15)7-6-8(7)12(16)17/h2-5,7-8H,6H2,1H3,(H,16,17). The summed E-state index contributed by atoms with van der Waals surface area (Å²) in [5, 5.41) is 8.80. The molecular weight excluding hydrogens is 286 g/mol. The number of carboxylic acids is 1. The molecule has 0 spiro atoms. The fraction of sp³-hybridized carbons (Fsp3) is 0.333. The van der Waals surface area contributed by atoms with Crippen molar-refractivity contribution < 1.29 is 14.7 Å². The van der Waals surface area contributed by atoms with E-state index in [9.17, 15) is 9.59 Å². The number of nitrogens with zero attached hydrogens (tertiary/aromatic N) is 1. The van der Waals surface area contributed by atoms with Gasteiger partial charge in [-0.2, -0.15) is 0 Å². The molecule has 17 heavy (non-hydrogen) atoms. The first kappa shape index (κ1) is 12.1. The lowest BCUT2D eigenvalue weighted by atomic mass is 10.2. The molecule has 1 amide bonds. The van der Waals surface area contributed by atoms with Crippen LogP contribution in [0.2, 0.25) is 0 Å². The van der Waals surface area contributed by atoms with Gasteiger partial charge in [-0.25, -0.2) is 0 Å². The highest BCUT2D eigenvalue weighted by Gasteiger charge is 2.49. The second-order valence-corrected chi connectivity index (χ2v) is 4.99. The van der Waals surface area contributed by atoms with E-state index in [1.165, 1.54) is 4.90 Å². The number of amides is 1. The number of hydrogen-bond donors (Lipinski definition) is 1. The Labute approximate surface area is 107 Å². The van der Waals surface area contributed by atoms with Gasteiger partial charge in [0.25, 0.3) is 0 Å². The van der Waals surface area contributed by atoms with Crippen molar-refractivity contribution in [2.24, 2.45) is 11.8 Å². The van der Waals surface area contributed by atoms with Crippen molar-refractivity contribution in [2.45, 2.75) is 6.42 Å². The molecule has 0 aromatic heterocycles. The van der Waals surface area contributed by atoms with E-state index in [-0.39, 0.29) is 11.8 Å². The van der Waals surface area contributed by atoms with Gasteiger partial charge in [-0.1, -0.05) is 12.1 Å². The highest BCUT2D eigenvalue weighted by molar-refractivity contribution is 9.10. The fourth-order valence-corrected chi connectivity index (χ4v) is 2.38. The number of hydrogen-bond acceptors (Lipinski definition) is 2. The summed E-state index contributed by atoms with van der Waals surface area (Å²) in [5.41, 5.74) is 0.758. The van der Waals surface area contributed by atoms with Crippen molar-refractivity contribution in [2.75, 3.05) is 11.9 Å². The van der Waals surface area contributed by atoms with E-state index in [2.05, 4.69) is 15.9 Å². The fourth-order valence-electron chi connectivity index (χ4n) is 1.83. The van der Waals surface area contributed by atoms with E-state index in [0.717, 1.165) is 10.2 Å². The van der Waals surface area contributed by atoms with Crippen molar-refractivity contribution in [3.05, 3.63) is 28.7 Å². The number of anilines is 1. The van der Waals surface area contributed by atoms with Gasteiger partial charge in [-0.3, -0.25) is 9.59 Å². The molecule has 1 N–H and O–H groups in total. The predicted molar refractivity (Wildman–Crippen MR) is 66.8 cm³/mol. The summed E-state index contributed by atoms with van der Waals surface area (Å²) >= 11 is 3.37. The second kappa shape index (κ2) is 4.49. The molecule has 0 aliphatic heterocycles. The summed E-state index contributed by atoms with van der Waals surface area (Å²) in [4.78, 5) is 24.2. The van der Waals surface area contributed by atoms with E-state index in [4.69, 9.17) is 5.11 Å². The first-order valence-corrected chi connectivity index (χ1v) is 6.06. The molecule has 4 nitrogen and oxygen atoms in total. The molecule has 1 aliphatic carbocycles. The normalized spacial score (nSPS) is 22.0. The van der Waals surface area contributed by atoms with Gasteiger partial charge in [-0.05, 0) is 34.5 Å². The Hall–Kier alpha value is -1.36. The number of carbonyl (C=O) groups excluding carboxylic acids is 1. The summed E-state index contributed by atoms with van der Waals surface area (Å²) in [6.45, 7) is 0. The maximum Gasteiger partial charge on any atom is 0.307 e. The number of carboxylic acid groups (broad SMARTS) is 1. The zero-order valence-corrected chi connectivity index (χ0v) is 10.8. The third kappa shape index (κ3) is 2.34. The smallest absolute Gasteiger partial charge is 0.307 e. The van der Waals surface area contributed by atoms with Crippen LogP contribution in [0.5, 0.6) is 0 Å². The third-order valence-electron chi connectivity index (χ3n) is 2.97. The van der Waals surface area contributed by atoms with Crippen molar-refractivity contribution >= 4 is 33.5 Å². The number of carbonyl (C=O) groups is 2. The maximum absolute atomic E-state index is 12.0. The van der Waals surface area contributed by atoms with Crippen molar-refractivity contribution in [1.82, 2.24) is 0 Å². The highest BCUT2D eigenvalue weighted by Crippen LogP contribution is 2.41. The Balaban J connectivity index is 2.12. The average molecular weight is 298 g/mol. The molecule has 1 saturated carbocycles. The van der Waals surface area contributed by atoms with Gasteiger partial charge >= 0.3 is 5.97 Å². The minimum atomic E-state index is -0.885. The Kier molecular flexibility index (Phi) is 3.19. The van der Waals surface area contributed by atoms with Gasteiger partial charge < -0.3 is 10.0 Å². The SMILES string of the molecule is CN(C(=O)C1CC1C(=O)O)c1ccccc1Br. The Bertz CT molecular complexity index is 475. The lowest BCUT2D eigenvalue weighted by Crippen LogP contribution is -2.29. The highest BCUT2D eigenvalue weighted by atomic mass is 79.9. The van der Waals surface area contributed by atoms with Gasteiger partial charge in [0.15, 0.2) is 0 Å². The minimum Gasteiger partial charge on any atom is -0.481 e. The molecule has 0 heterocycles. The number of halogens is 1. The third-order valence-corrected chi connectivity index (χ3v) is 3.64. The molecule has 0 radical (unpaired) electrons. The Morgan fingerprint density at radius 3 is 2.53 bits per heavy atom. The molecule has 0 bridgehead atoms. The number of para-hydroxylation sites is 1. The van der Waals surface area contributed by atoms with Gasteiger partial charge in [0, 0.05) is 11.5 Å². The predicted octanol–water partition coefficient (Wildman–Crippen LogP) is 2.13. The number of benzene rings is 1. The van der Waals surface area contributed by atoms with Gasteiger partial charge in [0.05, 0.1) is 17.5 Å². The molecular formula is C12H12BrNO3. The van der Waals surface area contributed by atoms with Crippen LogP contribution < -0.4 is 4.90 Å². The first-order valence-electron chi connectivity index (χ1n) is 5.27. The average Bonchev–Trinajstić information content (AvgIpc) is 3.08. The lowest BCUT2D eigenvalue weighted by Gasteiger charge is -2.18. The van der Waals surface area contributed by atoms with Crippen LogP contribution in [0.3, 0.4) is 0 Å². The van der Waals surface area contributed by atoms with Crippen molar-refractivity contribution in [3.8, 4) is 0 Å². The van der Waals surface area contributed by atoms with Crippen LogP contribution in [-0.2, 0) is 9.59 Å². The zero-order valence-electron chi connectivity index (χ0n) is 9.26. The van der Waals surface area contributed by atoms with Crippen LogP contribution in [0.4, 0.5) is 5.69 Å². The molecule has 5 heteroatoms. The summed E-state index contributed by atoms with van der Waals surface area (Å²) in [6, 6.07) is 7.37. The monoisotopic (exact) mass is 297 g/mol. The van der Waals surface area contributed by atoms with Crippen LogP contribution in [0.15, 0.2) is 28.7 Å². The molecule has 2 rings (SSSR count). The molecule has 0 saturated heterocycles. The van der Waals surface area contributed by atoms with Gasteiger partial charge in [0.2, 0.25) is 5.91 Å². The first-order chi connectivity index (χ1) is 8.02. The van der Waals surface area contributed by atoms with Crippen LogP contribution in [0.25, 0.3) is 0 Å². The van der Waals surface area contributed by atoms with Crippen LogP contribution in [-0.4, -0.2) is 24.0 Å². The summed E-state index contributed by atoms with van der Waals surface area (Å²) < 4.78 is 0.823. The van der Waals surface area contributed by atoms with Gasteiger partial charge in [-0.15, -0.1) is 0 Å². The number of aliphatic carboxylic acids is 1. The van der Waals surface area contributed by atoms with Gasteiger partial charge in [0.1, 0.15) is 0 Å². The van der Waals surface area contributed by atoms with Crippen molar-refractivity contribution in [1.29, 1.82) is 0 Å². The number of rotatable bonds is 3. The quantitative estimate of drug-likeness (QED) is 0.930. The molecule has 90 valence electrons. The maximum atomic E-state index is 12.0. The molecule has 1 fully saturated rings. The van der Waals surface area contributed by atoms with Crippen LogP contribution >= 0.6 is 15.9 Å². The van der Waals surface area contributed by atoms with E-state index < -0.39 is 11.9 Å². The Morgan fingerprint density at radius 2 is 2.00 bits per heavy atom. The molecule has 1 aromatic rings. The van der Waals surface area contributed by atoms with E-state index >= 15 is 0 Å². The van der Waals surface area contributed by atoms with Crippen LogP contribution in [0.1, 0.15) is 6.42 Å². The Morgan fingerprint density at radius 1 is 1.35 bits per heavy atom. The van der Waals surface area contributed by atoms with E-state index in [1.807, 2.05) is 24.3 Å². The molecule has 1 aromatic carbocycles. The van der Waals surface area contributed by atoms with E-state index in [1.54, 1.807) is 7.05 Å². The second-order valence-electron chi connectivity index (χ2n) is 4.14. The lowest BCUT2D eigenvalue weighted by molar-refractivity contribution is -0.139. The summed E-state index contributed by atoms with van der Waals surface area (Å²) in [6.07, 6.45) is 0.447. The zero-order chi connectivity index (χ0) is 12.6. The molecule has 2 unspecified atom stereocenters. The molecule has 1 aliphatic rings. The molecule has 2 atom stereocenters. The largest absolute Gasteiger partial charge is 0.481 e. The van der Waals surface area contributed by atoms with Crippen molar-refractivity contribution in [3.63, 3.8) is 0 Å². The topological polar surface area (TPSA) is 57.6 Å². The summed E-state index contributed by atoms with van der Waals surface area (Å²) in [5.74, 6) is -1.90. The van der Waals surface area contributed by atoms with E-state index in [0.29, 0.717) is 6.42 Å². The summed E-state index contributed by atoms with van der Waals surface area (Å²) in [7, 11) is 1.67. The van der Waals surface area contributed by atoms with Crippen LogP contribution in [0, 0.1) is 11.8 Å².